The molecule has 0 spiro atoms. The minimum absolute atomic E-state index is 0.468. The lowest BCUT2D eigenvalue weighted by Gasteiger charge is -2.41. The van der Waals surface area contributed by atoms with E-state index in [1.54, 1.807) is 0 Å². The Bertz CT molecular complexity index is 380. The van der Waals surface area contributed by atoms with Gasteiger partial charge in [0.1, 0.15) is 48.8 Å². The molecule has 0 bridgehead atoms. The first-order valence-electron chi connectivity index (χ1n) is 7.07. The van der Waals surface area contributed by atoms with Gasteiger partial charge in [-0.2, -0.15) is 0 Å². The second kappa shape index (κ2) is 7.63. The Hall–Kier alpha value is -0.440. The summed E-state index contributed by atoms with van der Waals surface area (Å²) < 4.78 is 15.1. The lowest BCUT2D eigenvalue weighted by Crippen LogP contribution is -2.61. The summed E-state index contributed by atoms with van der Waals surface area (Å²) in [6.45, 7) is -1.10. The number of rotatable bonds is 4. The summed E-state index contributed by atoms with van der Waals surface area (Å²) >= 11 is 0. The Morgan fingerprint density at radius 3 is 1.83 bits per heavy atom. The van der Waals surface area contributed by atoms with Crippen LogP contribution in [0.5, 0.6) is 0 Å². The fraction of sp³-hybridized carbons (Fsp3) is 1.00. The van der Waals surface area contributed by atoms with E-state index in [0.29, 0.717) is 0 Å². The summed E-state index contributed by atoms with van der Waals surface area (Å²) in [5, 5.41) is 76.1. The second-order valence-electron chi connectivity index (χ2n) is 5.57. The molecule has 2 aliphatic rings. The topological polar surface area (TPSA) is 190 Å². The van der Waals surface area contributed by atoms with Gasteiger partial charge in [-0.05, 0) is 0 Å². The SMILES string of the molecule is OC[C@H]1O[C@H](OC[C@H]2OC(O)[C@@H](O)[C@@H](O)[C@@H]2O)[C@@H](O)[C@@H](O)[C@@H]1O. The van der Waals surface area contributed by atoms with Gasteiger partial charge >= 0.3 is 0 Å². The van der Waals surface area contributed by atoms with Crippen molar-refractivity contribution in [1.82, 2.24) is 0 Å². The lowest BCUT2D eigenvalue weighted by molar-refractivity contribution is -0.325. The first-order chi connectivity index (χ1) is 10.8. The molecule has 10 atom stereocenters. The van der Waals surface area contributed by atoms with Crippen LogP contribution in [0, 0.1) is 0 Å². The van der Waals surface area contributed by atoms with Gasteiger partial charge in [0.05, 0.1) is 13.2 Å². The molecule has 2 aliphatic heterocycles. The Morgan fingerprint density at radius 1 is 0.652 bits per heavy atom. The number of aliphatic hydroxyl groups excluding tert-OH is 8. The monoisotopic (exact) mass is 342 g/mol. The Morgan fingerprint density at radius 2 is 1.22 bits per heavy atom. The molecular formula is C12H22O11. The van der Waals surface area contributed by atoms with Crippen molar-refractivity contribution in [3.8, 4) is 0 Å². The van der Waals surface area contributed by atoms with Crippen molar-refractivity contribution in [2.75, 3.05) is 13.2 Å². The molecule has 2 heterocycles. The highest BCUT2D eigenvalue weighted by molar-refractivity contribution is 4.91. The van der Waals surface area contributed by atoms with E-state index >= 15 is 0 Å². The van der Waals surface area contributed by atoms with Crippen molar-refractivity contribution in [2.45, 2.75) is 61.4 Å². The molecule has 2 saturated heterocycles. The predicted molar refractivity (Wildman–Crippen MR) is 68.6 cm³/mol. The summed E-state index contributed by atoms with van der Waals surface area (Å²) in [5.74, 6) is 0. The van der Waals surface area contributed by atoms with E-state index in [4.69, 9.17) is 19.3 Å². The zero-order valence-corrected chi connectivity index (χ0v) is 12.0. The fourth-order valence-corrected chi connectivity index (χ4v) is 2.46. The molecule has 0 aromatic heterocycles. The smallest absolute Gasteiger partial charge is 0.186 e. The van der Waals surface area contributed by atoms with E-state index < -0.39 is 74.6 Å². The summed E-state index contributed by atoms with van der Waals surface area (Å²) in [6.07, 6.45) is -15.3. The Kier molecular flexibility index (Phi) is 6.27. The third-order valence-electron chi connectivity index (χ3n) is 3.96. The van der Waals surface area contributed by atoms with Crippen LogP contribution in [-0.2, 0) is 14.2 Å². The van der Waals surface area contributed by atoms with E-state index in [9.17, 15) is 35.7 Å². The van der Waals surface area contributed by atoms with Gasteiger partial charge in [-0.15, -0.1) is 0 Å². The van der Waals surface area contributed by atoms with Gasteiger partial charge in [0, 0.05) is 0 Å². The maximum absolute atomic E-state index is 9.78. The van der Waals surface area contributed by atoms with Crippen LogP contribution in [0.15, 0.2) is 0 Å². The zero-order valence-electron chi connectivity index (χ0n) is 12.0. The summed E-state index contributed by atoms with van der Waals surface area (Å²) in [4.78, 5) is 0. The Labute approximate surface area is 130 Å². The van der Waals surface area contributed by atoms with Crippen molar-refractivity contribution >= 4 is 0 Å². The summed E-state index contributed by atoms with van der Waals surface area (Å²) in [5.41, 5.74) is 0. The van der Waals surface area contributed by atoms with Crippen LogP contribution < -0.4 is 0 Å². The molecule has 2 fully saturated rings. The third kappa shape index (κ3) is 3.81. The second-order valence-corrected chi connectivity index (χ2v) is 5.57. The van der Waals surface area contributed by atoms with E-state index in [1.165, 1.54) is 0 Å². The average Bonchev–Trinajstić information content (AvgIpc) is 2.54. The van der Waals surface area contributed by atoms with Gasteiger partial charge in [-0.1, -0.05) is 0 Å². The van der Waals surface area contributed by atoms with Gasteiger partial charge < -0.3 is 55.1 Å². The number of hydrogen-bond acceptors (Lipinski definition) is 11. The van der Waals surface area contributed by atoms with Crippen molar-refractivity contribution in [2.24, 2.45) is 0 Å². The normalized spacial score (nSPS) is 51.7. The number of aliphatic hydroxyl groups is 8. The van der Waals surface area contributed by atoms with Crippen LogP contribution in [0.25, 0.3) is 0 Å². The molecule has 0 amide bonds. The Balaban J connectivity index is 1.94. The standard InChI is InChI=1S/C12H22O11/c13-1-3-5(14)8(17)10(19)12(23-3)21-2-4-6(15)7(16)9(18)11(20)22-4/h3-20H,1-2H2/t3-,4-,5-,6-,7+,8+,9+,10+,11?,12+/m1/s1. The highest BCUT2D eigenvalue weighted by Crippen LogP contribution is 2.24. The first kappa shape index (κ1) is 18.9. The molecule has 0 aromatic carbocycles. The van der Waals surface area contributed by atoms with Crippen LogP contribution in [0.4, 0.5) is 0 Å². The molecule has 8 N–H and O–H groups in total. The van der Waals surface area contributed by atoms with E-state index in [0.717, 1.165) is 0 Å². The van der Waals surface area contributed by atoms with Crippen molar-refractivity contribution in [3.63, 3.8) is 0 Å². The van der Waals surface area contributed by atoms with Gasteiger partial charge in [0.15, 0.2) is 12.6 Å². The average molecular weight is 342 g/mol. The van der Waals surface area contributed by atoms with Crippen molar-refractivity contribution in [3.05, 3.63) is 0 Å². The number of hydrogen-bond donors (Lipinski definition) is 8. The molecule has 11 heteroatoms. The van der Waals surface area contributed by atoms with Gasteiger partial charge in [0.2, 0.25) is 0 Å². The van der Waals surface area contributed by atoms with Gasteiger partial charge in [0.25, 0.3) is 0 Å². The van der Waals surface area contributed by atoms with Crippen LogP contribution in [-0.4, -0.2) is 115 Å². The minimum Gasteiger partial charge on any atom is -0.394 e. The maximum Gasteiger partial charge on any atom is 0.186 e. The number of ether oxygens (including phenoxy) is 3. The molecule has 0 radical (unpaired) electrons. The highest BCUT2D eigenvalue weighted by atomic mass is 16.7. The highest BCUT2D eigenvalue weighted by Gasteiger charge is 2.46. The van der Waals surface area contributed by atoms with Crippen LogP contribution in [0.2, 0.25) is 0 Å². The van der Waals surface area contributed by atoms with Crippen LogP contribution >= 0.6 is 0 Å². The molecule has 1 unspecified atom stereocenters. The van der Waals surface area contributed by atoms with Gasteiger partial charge in [-0.3, -0.25) is 0 Å². The van der Waals surface area contributed by atoms with Crippen molar-refractivity contribution in [1.29, 1.82) is 0 Å². The fourth-order valence-electron chi connectivity index (χ4n) is 2.46. The first-order valence-corrected chi connectivity index (χ1v) is 7.07. The van der Waals surface area contributed by atoms with E-state index in [1.807, 2.05) is 0 Å². The molecule has 0 aliphatic carbocycles. The summed E-state index contributed by atoms with van der Waals surface area (Å²) in [7, 11) is 0. The molecule has 2 rings (SSSR count). The van der Waals surface area contributed by atoms with Crippen molar-refractivity contribution < 1.29 is 55.1 Å². The van der Waals surface area contributed by atoms with Crippen LogP contribution in [0.3, 0.4) is 0 Å². The minimum atomic E-state index is -1.74. The summed E-state index contributed by atoms with van der Waals surface area (Å²) in [6, 6.07) is 0. The van der Waals surface area contributed by atoms with Crippen LogP contribution in [0.1, 0.15) is 0 Å². The maximum atomic E-state index is 9.78. The van der Waals surface area contributed by atoms with Gasteiger partial charge in [-0.25, -0.2) is 0 Å². The lowest BCUT2D eigenvalue weighted by atomic mass is 9.98. The molecule has 23 heavy (non-hydrogen) atoms. The molecular weight excluding hydrogens is 320 g/mol. The molecule has 0 aromatic rings. The largest absolute Gasteiger partial charge is 0.394 e. The molecule has 0 saturated carbocycles. The quantitative estimate of drug-likeness (QED) is 0.243. The third-order valence-corrected chi connectivity index (χ3v) is 3.96. The predicted octanol–water partition coefficient (Wildman–Crippen LogP) is -5.40. The zero-order chi connectivity index (χ0) is 17.3. The molecule has 11 nitrogen and oxygen atoms in total. The molecule has 136 valence electrons. The van der Waals surface area contributed by atoms with E-state index in [2.05, 4.69) is 0 Å². The van der Waals surface area contributed by atoms with E-state index in [-0.39, 0.29) is 0 Å².